The number of rotatable bonds is 6. The van der Waals surface area contributed by atoms with Crippen molar-refractivity contribution < 1.29 is 22.1 Å². The normalized spacial score (nSPS) is 11.2. The summed E-state index contributed by atoms with van der Waals surface area (Å²) in [5.41, 5.74) is -1.18. The van der Waals surface area contributed by atoms with E-state index in [1.54, 1.807) is 19.1 Å². The predicted octanol–water partition coefficient (Wildman–Crippen LogP) is 4.14. The van der Waals surface area contributed by atoms with Crippen molar-refractivity contribution in [1.82, 2.24) is 9.78 Å². The summed E-state index contributed by atoms with van der Waals surface area (Å²) in [6, 6.07) is 10.8. The first kappa shape index (κ1) is 23.1. The number of hydrogen-bond acceptors (Lipinski definition) is 7. The van der Waals surface area contributed by atoms with Gasteiger partial charge in [0.2, 0.25) is 5.69 Å². The number of hydrogen-bond donors (Lipinski definition) is 0. The molecule has 0 unspecified atom stereocenters. The van der Waals surface area contributed by atoms with Gasteiger partial charge in [-0.2, -0.15) is 18.2 Å². The highest BCUT2D eigenvalue weighted by molar-refractivity contribution is 7.87. The topological polar surface area (TPSA) is 105 Å². The van der Waals surface area contributed by atoms with E-state index in [1.807, 2.05) is 0 Å². The Hall–Kier alpha value is -2.59. The molecule has 0 saturated heterocycles. The second-order valence-electron chi connectivity index (χ2n) is 5.89. The van der Waals surface area contributed by atoms with Crippen molar-refractivity contribution in [3.05, 3.63) is 79.6 Å². The lowest BCUT2D eigenvalue weighted by atomic mass is 10.3. The standard InChI is InChI=1S/C19H13Cl3N2O6S/c1-2-29-19(26)18-15(30-31(27,28)16-9-11(20)7-8-13(16)22)10-17(25)24(23-18)14-6-4-3-5-12(14)21/h3-10H,2H2,1H3. The SMILES string of the molecule is CCOC(=O)c1nn(-c2ccccc2Cl)c(=O)cc1OS(=O)(=O)c1cc(Cl)ccc1Cl. The van der Waals surface area contributed by atoms with E-state index in [4.69, 9.17) is 43.7 Å². The van der Waals surface area contributed by atoms with Gasteiger partial charge in [-0.3, -0.25) is 4.79 Å². The maximum Gasteiger partial charge on any atom is 0.362 e. The van der Waals surface area contributed by atoms with Crippen molar-refractivity contribution in [2.24, 2.45) is 0 Å². The molecule has 0 fully saturated rings. The third kappa shape index (κ3) is 5.01. The van der Waals surface area contributed by atoms with Crippen LogP contribution in [0.25, 0.3) is 5.69 Å². The summed E-state index contributed by atoms with van der Waals surface area (Å²) in [4.78, 5) is 24.6. The Labute approximate surface area is 192 Å². The summed E-state index contributed by atoms with van der Waals surface area (Å²) in [6.45, 7) is 1.52. The van der Waals surface area contributed by atoms with Crippen LogP contribution in [0.4, 0.5) is 0 Å². The molecule has 0 N–H and O–H groups in total. The first-order chi connectivity index (χ1) is 14.6. The number of ether oxygens (including phenoxy) is 1. The number of halogens is 3. The van der Waals surface area contributed by atoms with E-state index in [-0.39, 0.29) is 27.4 Å². The molecule has 0 spiro atoms. The van der Waals surface area contributed by atoms with Crippen LogP contribution in [0.15, 0.2) is 58.2 Å². The molecule has 3 aromatic rings. The zero-order chi connectivity index (χ0) is 22.8. The zero-order valence-corrected chi connectivity index (χ0v) is 18.8. The number of carbonyl (C=O) groups is 1. The van der Waals surface area contributed by atoms with Gasteiger partial charge < -0.3 is 8.92 Å². The van der Waals surface area contributed by atoms with Crippen LogP contribution in [0.2, 0.25) is 15.1 Å². The van der Waals surface area contributed by atoms with Gasteiger partial charge >= 0.3 is 16.1 Å². The van der Waals surface area contributed by atoms with Crippen LogP contribution >= 0.6 is 34.8 Å². The Balaban J connectivity index is 2.17. The minimum absolute atomic E-state index is 0.0297. The number of aromatic nitrogens is 2. The number of nitrogens with zero attached hydrogens (tertiary/aromatic N) is 2. The molecule has 8 nitrogen and oxygen atoms in total. The van der Waals surface area contributed by atoms with Gasteiger partial charge in [-0.25, -0.2) is 4.79 Å². The first-order valence-electron chi connectivity index (χ1n) is 8.60. The molecule has 0 atom stereocenters. The van der Waals surface area contributed by atoms with E-state index in [0.29, 0.717) is 0 Å². The summed E-state index contributed by atoms with van der Waals surface area (Å²) in [7, 11) is -4.58. The smallest absolute Gasteiger partial charge is 0.362 e. The second kappa shape index (κ2) is 9.27. The molecule has 162 valence electrons. The molecule has 0 amide bonds. The average molecular weight is 504 g/mol. The van der Waals surface area contributed by atoms with Gasteiger partial charge in [0.25, 0.3) is 5.56 Å². The highest BCUT2D eigenvalue weighted by atomic mass is 35.5. The van der Waals surface area contributed by atoms with Crippen molar-refractivity contribution in [1.29, 1.82) is 0 Å². The van der Waals surface area contributed by atoms with Gasteiger partial charge in [0, 0.05) is 5.02 Å². The van der Waals surface area contributed by atoms with Gasteiger partial charge in [0.15, 0.2) is 5.75 Å². The van der Waals surface area contributed by atoms with Crippen LogP contribution in [-0.4, -0.2) is 30.8 Å². The number of carbonyl (C=O) groups excluding carboxylic acids is 1. The molecule has 0 bridgehead atoms. The van der Waals surface area contributed by atoms with E-state index in [9.17, 15) is 18.0 Å². The molecular formula is C19H13Cl3N2O6S. The quantitative estimate of drug-likeness (QED) is 0.368. The van der Waals surface area contributed by atoms with Crippen molar-refractivity contribution in [2.75, 3.05) is 6.61 Å². The first-order valence-corrected chi connectivity index (χ1v) is 11.1. The molecule has 1 heterocycles. The summed E-state index contributed by atoms with van der Waals surface area (Å²) in [5, 5.41) is 4.04. The molecule has 31 heavy (non-hydrogen) atoms. The molecule has 0 saturated carbocycles. The second-order valence-corrected chi connectivity index (χ2v) is 8.66. The largest absolute Gasteiger partial charge is 0.461 e. The maximum atomic E-state index is 12.8. The Morgan fingerprint density at radius 2 is 1.77 bits per heavy atom. The lowest BCUT2D eigenvalue weighted by Crippen LogP contribution is -2.26. The van der Waals surface area contributed by atoms with Crippen molar-refractivity contribution in [2.45, 2.75) is 11.8 Å². The van der Waals surface area contributed by atoms with Crippen LogP contribution in [0.3, 0.4) is 0 Å². The van der Waals surface area contributed by atoms with Crippen molar-refractivity contribution in [3.63, 3.8) is 0 Å². The van der Waals surface area contributed by atoms with Gasteiger partial charge in [-0.1, -0.05) is 46.9 Å². The minimum atomic E-state index is -4.58. The Morgan fingerprint density at radius 3 is 2.45 bits per heavy atom. The van der Waals surface area contributed by atoms with E-state index in [2.05, 4.69) is 5.10 Å². The lowest BCUT2D eigenvalue weighted by molar-refractivity contribution is 0.0515. The number of para-hydroxylation sites is 1. The fourth-order valence-corrected chi connectivity index (χ4v) is 4.36. The molecule has 0 aliphatic rings. The van der Waals surface area contributed by atoms with Crippen LogP contribution in [0, 0.1) is 0 Å². The molecular weight excluding hydrogens is 491 g/mol. The molecule has 0 radical (unpaired) electrons. The fraction of sp³-hybridized carbons (Fsp3) is 0.105. The number of benzene rings is 2. The van der Waals surface area contributed by atoms with E-state index >= 15 is 0 Å². The summed E-state index contributed by atoms with van der Waals surface area (Å²) < 4.78 is 36.3. The maximum absolute atomic E-state index is 12.8. The highest BCUT2D eigenvalue weighted by Gasteiger charge is 2.27. The van der Waals surface area contributed by atoms with E-state index < -0.39 is 38.0 Å². The lowest BCUT2D eigenvalue weighted by Gasteiger charge is -2.13. The molecule has 2 aromatic carbocycles. The van der Waals surface area contributed by atoms with Crippen LogP contribution in [0.5, 0.6) is 5.75 Å². The van der Waals surface area contributed by atoms with Gasteiger partial charge in [0.05, 0.1) is 28.4 Å². The number of esters is 1. The van der Waals surface area contributed by atoms with E-state index in [0.717, 1.165) is 16.8 Å². The predicted molar refractivity (Wildman–Crippen MR) is 115 cm³/mol. The third-order valence-electron chi connectivity index (χ3n) is 3.81. The van der Waals surface area contributed by atoms with Gasteiger partial charge in [-0.05, 0) is 37.3 Å². The Bertz CT molecular complexity index is 1320. The molecule has 3 rings (SSSR count). The summed E-state index contributed by atoms with van der Waals surface area (Å²) in [5.74, 6) is -1.64. The van der Waals surface area contributed by atoms with Crippen LogP contribution in [0.1, 0.15) is 17.4 Å². The average Bonchev–Trinajstić information content (AvgIpc) is 2.70. The van der Waals surface area contributed by atoms with Crippen molar-refractivity contribution >= 4 is 50.9 Å². The Morgan fingerprint density at radius 1 is 1.06 bits per heavy atom. The summed E-state index contributed by atoms with van der Waals surface area (Å²) in [6.07, 6.45) is 0. The van der Waals surface area contributed by atoms with E-state index in [1.165, 1.54) is 24.3 Å². The fourth-order valence-electron chi connectivity index (χ4n) is 2.47. The Kier molecular flexibility index (Phi) is 6.90. The van der Waals surface area contributed by atoms with Gasteiger partial charge in [0.1, 0.15) is 4.90 Å². The summed E-state index contributed by atoms with van der Waals surface area (Å²) >= 11 is 17.9. The molecule has 0 aliphatic carbocycles. The highest BCUT2D eigenvalue weighted by Crippen LogP contribution is 2.29. The van der Waals surface area contributed by atoms with Crippen molar-refractivity contribution in [3.8, 4) is 11.4 Å². The van der Waals surface area contributed by atoms with Gasteiger partial charge in [-0.15, -0.1) is 0 Å². The third-order valence-corrected chi connectivity index (χ3v) is 6.08. The molecule has 12 heteroatoms. The van der Waals surface area contributed by atoms with Crippen LogP contribution in [-0.2, 0) is 14.9 Å². The zero-order valence-electron chi connectivity index (χ0n) is 15.7. The molecule has 0 aliphatic heterocycles. The minimum Gasteiger partial charge on any atom is -0.461 e. The van der Waals surface area contributed by atoms with Crippen LogP contribution < -0.4 is 9.74 Å². The monoisotopic (exact) mass is 502 g/mol. The molecule has 1 aromatic heterocycles.